The quantitative estimate of drug-likeness (QED) is 0.236. The Morgan fingerprint density at radius 3 is 2.42 bits per heavy atom. The number of carbonyl (C=O) groups is 2. The first-order valence-electron chi connectivity index (χ1n) is 14.0. The topological polar surface area (TPSA) is 98.6 Å². The highest BCUT2D eigenvalue weighted by Gasteiger charge is 2.33. The van der Waals surface area contributed by atoms with Gasteiger partial charge in [-0.2, -0.15) is 0 Å². The summed E-state index contributed by atoms with van der Waals surface area (Å²) in [6, 6.07) is 25.0. The van der Waals surface area contributed by atoms with E-state index in [1.807, 2.05) is 48.5 Å². The molecule has 2 amide bonds. The van der Waals surface area contributed by atoms with Gasteiger partial charge in [-0.25, -0.2) is 9.07 Å². The van der Waals surface area contributed by atoms with Crippen LogP contribution in [0.5, 0.6) is 11.5 Å². The SMILES string of the molecule is CC(C)c1ccc(C(C(=O)Nc2ccc3c(c2)OCO3)N(Cc2ccc(F)cc2)C(=O)Cn2nnc3ccccc32)cc1. The van der Waals surface area contributed by atoms with Gasteiger partial charge < -0.3 is 19.7 Å². The van der Waals surface area contributed by atoms with Crippen molar-refractivity contribution in [2.45, 2.75) is 38.9 Å². The van der Waals surface area contributed by atoms with Crippen molar-refractivity contribution < 1.29 is 23.5 Å². The van der Waals surface area contributed by atoms with E-state index in [1.165, 1.54) is 21.7 Å². The summed E-state index contributed by atoms with van der Waals surface area (Å²) in [5.41, 5.74) is 4.24. The van der Waals surface area contributed by atoms with Crippen LogP contribution < -0.4 is 14.8 Å². The molecule has 1 aliphatic rings. The van der Waals surface area contributed by atoms with Crippen LogP contribution >= 0.6 is 0 Å². The maximum Gasteiger partial charge on any atom is 0.251 e. The molecular formula is C33H30FN5O4. The van der Waals surface area contributed by atoms with Crippen molar-refractivity contribution in [3.05, 3.63) is 114 Å². The Labute approximate surface area is 247 Å². The number of aromatic nitrogens is 3. The third kappa shape index (κ3) is 6.04. The van der Waals surface area contributed by atoms with Gasteiger partial charge in [0.15, 0.2) is 11.5 Å². The fourth-order valence-electron chi connectivity index (χ4n) is 5.08. The molecule has 1 N–H and O–H groups in total. The molecule has 0 bridgehead atoms. The second-order valence-corrected chi connectivity index (χ2v) is 10.7. The molecule has 1 aliphatic heterocycles. The number of hydrogen-bond acceptors (Lipinski definition) is 6. The first kappa shape index (κ1) is 27.9. The Balaban J connectivity index is 1.39. The zero-order valence-electron chi connectivity index (χ0n) is 23.7. The van der Waals surface area contributed by atoms with Crippen LogP contribution in [0.2, 0.25) is 0 Å². The fraction of sp³-hybridized carbons (Fsp3) is 0.212. The summed E-state index contributed by atoms with van der Waals surface area (Å²) in [6.07, 6.45) is 0. The molecule has 0 spiro atoms. The highest BCUT2D eigenvalue weighted by molar-refractivity contribution is 5.98. The average molecular weight is 580 g/mol. The lowest BCUT2D eigenvalue weighted by atomic mass is 9.97. The molecule has 9 nitrogen and oxygen atoms in total. The van der Waals surface area contributed by atoms with Crippen LogP contribution in [0.4, 0.5) is 10.1 Å². The molecular weight excluding hydrogens is 549 g/mol. The smallest absolute Gasteiger partial charge is 0.251 e. The van der Waals surface area contributed by atoms with E-state index in [1.54, 1.807) is 30.3 Å². The maximum absolute atomic E-state index is 14.2. The Kier molecular flexibility index (Phi) is 7.74. The van der Waals surface area contributed by atoms with Crippen molar-refractivity contribution >= 4 is 28.5 Å². The van der Waals surface area contributed by atoms with E-state index in [0.717, 1.165) is 5.56 Å². The van der Waals surface area contributed by atoms with Gasteiger partial charge in [0.1, 0.15) is 23.9 Å². The van der Waals surface area contributed by atoms with Crippen LogP contribution in [0.15, 0.2) is 91.0 Å². The van der Waals surface area contributed by atoms with E-state index in [-0.39, 0.29) is 31.7 Å². The Morgan fingerprint density at radius 1 is 0.930 bits per heavy atom. The van der Waals surface area contributed by atoms with Crippen LogP contribution in [0.3, 0.4) is 0 Å². The summed E-state index contributed by atoms with van der Waals surface area (Å²) in [7, 11) is 0. The third-order valence-electron chi connectivity index (χ3n) is 7.41. The number of fused-ring (bicyclic) bond motifs is 2. The first-order chi connectivity index (χ1) is 20.9. The second-order valence-electron chi connectivity index (χ2n) is 10.7. The van der Waals surface area contributed by atoms with Crippen LogP contribution in [0.25, 0.3) is 11.0 Å². The molecule has 5 aromatic rings. The maximum atomic E-state index is 14.2. The van der Waals surface area contributed by atoms with Gasteiger partial charge in [-0.15, -0.1) is 5.10 Å². The molecule has 0 aliphatic carbocycles. The molecule has 10 heteroatoms. The van der Waals surface area contributed by atoms with Gasteiger partial charge in [0, 0.05) is 18.3 Å². The molecule has 4 aromatic carbocycles. The lowest BCUT2D eigenvalue weighted by Gasteiger charge is -2.32. The highest BCUT2D eigenvalue weighted by atomic mass is 19.1. The number of hydrogen-bond donors (Lipinski definition) is 1. The van der Waals surface area contributed by atoms with Gasteiger partial charge in [0.25, 0.3) is 5.91 Å². The van der Waals surface area contributed by atoms with Gasteiger partial charge in [-0.1, -0.05) is 67.6 Å². The molecule has 1 atom stereocenters. The summed E-state index contributed by atoms with van der Waals surface area (Å²) >= 11 is 0. The molecule has 218 valence electrons. The minimum atomic E-state index is -1.03. The fourth-order valence-corrected chi connectivity index (χ4v) is 5.08. The van der Waals surface area contributed by atoms with E-state index in [2.05, 4.69) is 29.5 Å². The Bertz CT molecular complexity index is 1770. The molecule has 0 fully saturated rings. The number of nitrogens with one attached hydrogen (secondary N) is 1. The zero-order chi connectivity index (χ0) is 29.9. The minimum absolute atomic E-state index is 0.0525. The lowest BCUT2D eigenvalue weighted by Crippen LogP contribution is -2.42. The highest BCUT2D eigenvalue weighted by Crippen LogP contribution is 2.35. The van der Waals surface area contributed by atoms with E-state index in [9.17, 15) is 14.0 Å². The first-order valence-corrected chi connectivity index (χ1v) is 14.0. The summed E-state index contributed by atoms with van der Waals surface area (Å²) in [5, 5.41) is 11.3. The van der Waals surface area contributed by atoms with Crippen molar-refractivity contribution in [3.63, 3.8) is 0 Å². The van der Waals surface area contributed by atoms with E-state index < -0.39 is 17.8 Å². The predicted molar refractivity (Wildman–Crippen MR) is 159 cm³/mol. The van der Waals surface area contributed by atoms with Crippen molar-refractivity contribution in [2.75, 3.05) is 12.1 Å². The lowest BCUT2D eigenvalue weighted by molar-refractivity contribution is -0.140. The Hall–Kier alpha value is -5.25. The number of halogens is 1. The van der Waals surface area contributed by atoms with Crippen molar-refractivity contribution in [1.29, 1.82) is 0 Å². The molecule has 1 unspecified atom stereocenters. The summed E-state index contributed by atoms with van der Waals surface area (Å²) in [4.78, 5) is 29.8. The van der Waals surface area contributed by atoms with Crippen molar-refractivity contribution in [3.8, 4) is 11.5 Å². The summed E-state index contributed by atoms with van der Waals surface area (Å²) in [6.45, 7) is 4.18. The van der Waals surface area contributed by atoms with E-state index >= 15 is 0 Å². The zero-order valence-corrected chi connectivity index (χ0v) is 23.7. The molecule has 0 saturated heterocycles. The van der Waals surface area contributed by atoms with Gasteiger partial charge in [-0.3, -0.25) is 9.59 Å². The van der Waals surface area contributed by atoms with Gasteiger partial charge in [0.05, 0.1) is 5.52 Å². The molecule has 2 heterocycles. The van der Waals surface area contributed by atoms with Crippen LogP contribution in [-0.4, -0.2) is 38.5 Å². The third-order valence-corrected chi connectivity index (χ3v) is 7.41. The summed E-state index contributed by atoms with van der Waals surface area (Å²) < 4.78 is 26.2. The van der Waals surface area contributed by atoms with Crippen molar-refractivity contribution in [2.24, 2.45) is 0 Å². The largest absolute Gasteiger partial charge is 0.454 e. The standard InChI is InChI=1S/C33H30FN5O4/c1-21(2)23-9-11-24(12-10-23)32(33(41)35-26-15-16-29-30(17-26)43-20-42-29)38(18-22-7-13-25(34)14-8-22)31(40)19-39-28-6-4-3-5-27(28)36-37-39/h3-17,21,32H,18-20H2,1-2H3,(H,35,41). The molecule has 0 radical (unpaired) electrons. The summed E-state index contributed by atoms with van der Waals surface area (Å²) in [5.74, 6) is 0.221. The van der Waals surface area contributed by atoms with E-state index in [0.29, 0.717) is 39.3 Å². The number of amides is 2. The predicted octanol–water partition coefficient (Wildman–Crippen LogP) is 5.83. The minimum Gasteiger partial charge on any atom is -0.454 e. The normalized spacial score (nSPS) is 12.8. The van der Waals surface area contributed by atoms with Crippen LogP contribution in [-0.2, 0) is 22.7 Å². The number of ether oxygens (including phenoxy) is 2. The number of para-hydroxylation sites is 1. The van der Waals surface area contributed by atoms with Crippen molar-refractivity contribution in [1.82, 2.24) is 19.9 Å². The molecule has 6 rings (SSSR count). The molecule has 0 saturated carbocycles. The van der Waals surface area contributed by atoms with Crippen LogP contribution in [0.1, 0.15) is 42.5 Å². The number of carbonyl (C=O) groups excluding carboxylic acids is 2. The van der Waals surface area contributed by atoms with Gasteiger partial charge >= 0.3 is 0 Å². The van der Waals surface area contributed by atoms with Crippen LogP contribution in [0, 0.1) is 5.82 Å². The monoisotopic (exact) mass is 579 g/mol. The van der Waals surface area contributed by atoms with Gasteiger partial charge in [-0.05, 0) is 59.0 Å². The van der Waals surface area contributed by atoms with E-state index in [4.69, 9.17) is 9.47 Å². The van der Waals surface area contributed by atoms with Gasteiger partial charge in [0.2, 0.25) is 12.7 Å². The second kappa shape index (κ2) is 11.9. The number of anilines is 1. The average Bonchev–Trinajstić information content (AvgIpc) is 3.65. The molecule has 43 heavy (non-hydrogen) atoms. The number of benzene rings is 4. The number of rotatable bonds is 9. The molecule has 1 aromatic heterocycles. The Morgan fingerprint density at radius 2 is 1.65 bits per heavy atom. The number of nitrogens with zero attached hydrogens (tertiary/aromatic N) is 4.